The molecule has 0 saturated heterocycles. The molecule has 7 nitrogen and oxygen atoms in total. The standard InChI is InChI=1S/C19H22N4O3/c1-3-22(4-2)15-9-7-14(8-10-15)21-17(24)12-23-18(25)13-26-16-6-5-11-20-19(16)23/h5-11H,3-4,12-13H2,1-2H3,(H,21,24). The number of nitrogens with one attached hydrogen (secondary N) is 1. The molecule has 0 fully saturated rings. The first-order valence-corrected chi connectivity index (χ1v) is 8.65. The lowest BCUT2D eigenvalue weighted by Gasteiger charge is -2.27. The first kappa shape index (κ1) is 17.7. The van der Waals surface area contributed by atoms with E-state index in [1.807, 2.05) is 24.3 Å². The van der Waals surface area contributed by atoms with E-state index in [0.29, 0.717) is 17.3 Å². The zero-order valence-electron chi connectivity index (χ0n) is 14.9. The summed E-state index contributed by atoms with van der Waals surface area (Å²) < 4.78 is 5.33. The quantitative estimate of drug-likeness (QED) is 0.861. The van der Waals surface area contributed by atoms with Gasteiger partial charge in [0.05, 0.1) is 0 Å². The van der Waals surface area contributed by atoms with Crippen LogP contribution in [0.1, 0.15) is 13.8 Å². The van der Waals surface area contributed by atoms with Crippen LogP contribution in [-0.2, 0) is 9.59 Å². The van der Waals surface area contributed by atoms with E-state index in [1.165, 1.54) is 4.90 Å². The molecule has 0 bridgehead atoms. The first-order chi connectivity index (χ1) is 12.6. The number of benzene rings is 1. The number of nitrogens with zero attached hydrogens (tertiary/aromatic N) is 3. The molecular weight excluding hydrogens is 332 g/mol. The Morgan fingerprint density at radius 1 is 1.23 bits per heavy atom. The largest absolute Gasteiger partial charge is 0.480 e. The Kier molecular flexibility index (Phi) is 5.36. The average Bonchev–Trinajstić information content (AvgIpc) is 2.66. The molecule has 1 aromatic heterocycles. The zero-order valence-corrected chi connectivity index (χ0v) is 14.9. The van der Waals surface area contributed by atoms with Gasteiger partial charge < -0.3 is 15.0 Å². The summed E-state index contributed by atoms with van der Waals surface area (Å²) in [4.78, 5) is 32.2. The molecule has 1 aliphatic heterocycles. The van der Waals surface area contributed by atoms with Gasteiger partial charge >= 0.3 is 0 Å². The van der Waals surface area contributed by atoms with Gasteiger partial charge in [0.15, 0.2) is 18.2 Å². The number of amides is 2. The molecule has 3 rings (SSSR count). The summed E-state index contributed by atoms with van der Waals surface area (Å²) in [6, 6.07) is 11.1. The molecule has 2 aromatic rings. The molecule has 0 saturated carbocycles. The smallest absolute Gasteiger partial charge is 0.266 e. The van der Waals surface area contributed by atoms with Crippen molar-refractivity contribution in [3.63, 3.8) is 0 Å². The Morgan fingerprint density at radius 3 is 2.65 bits per heavy atom. The molecule has 0 radical (unpaired) electrons. The number of aromatic nitrogens is 1. The average molecular weight is 354 g/mol. The van der Waals surface area contributed by atoms with Crippen molar-refractivity contribution in [1.29, 1.82) is 0 Å². The van der Waals surface area contributed by atoms with Gasteiger partial charge in [-0.15, -0.1) is 0 Å². The van der Waals surface area contributed by atoms with Crippen LogP contribution in [0.25, 0.3) is 0 Å². The molecule has 0 atom stereocenters. The van der Waals surface area contributed by atoms with E-state index < -0.39 is 0 Å². The number of ether oxygens (including phenoxy) is 1. The van der Waals surface area contributed by atoms with Crippen LogP contribution in [0.3, 0.4) is 0 Å². The lowest BCUT2D eigenvalue weighted by molar-refractivity contribution is -0.123. The fraction of sp³-hybridized carbons (Fsp3) is 0.316. The van der Waals surface area contributed by atoms with Crippen molar-refractivity contribution in [1.82, 2.24) is 4.98 Å². The molecule has 7 heteroatoms. The number of rotatable bonds is 6. The highest BCUT2D eigenvalue weighted by Gasteiger charge is 2.28. The number of hydrogen-bond donors (Lipinski definition) is 1. The highest BCUT2D eigenvalue weighted by Crippen LogP contribution is 2.28. The normalized spacial score (nSPS) is 13.0. The third-order valence-corrected chi connectivity index (χ3v) is 4.24. The van der Waals surface area contributed by atoms with Crippen molar-refractivity contribution in [2.24, 2.45) is 0 Å². The minimum Gasteiger partial charge on any atom is -0.480 e. The Bertz CT molecular complexity index is 788. The molecule has 2 amide bonds. The van der Waals surface area contributed by atoms with Crippen molar-refractivity contribution >= 4 is 29.0 Å². The number of pyridine rings is 1. The van der Waals surface area contributed by atoms with Crippen molar-refractivity contribution < 1.29 is 14.3 Å². The third kappa shape index (κ3) is 3.77. The van der Waals surface area contributed by atoms with Gasteiger partial charge in [-0.05, 0) is 50.2 Å². The van der Waals surface area contributed by atoms with E-state index in [0.717, 1.165) is 18.8 Å². The number of fused-ring (bicyclic) bond motifs is 1. The zero-order chi connectivity index (χ0) is 18.5. The molecule has 2 heterocycles. The Morgan fingerprint density at radius 2 is 1.96 bits per heavy atom. The fourth-order valence-corrected chi connectivity index (χ4v) is 2.88. The second kappa shape index (κ2) is 7.86. The lowest BCUT2D eigenvalue weighted by Crippen LogP contribution is -2.43. The molecule has 0 spiro atoms. The highest BCUT2D eigenvalue weighted by atomic mass is 16.5. The Balaban J connectivity index is 1.67. The van der Waals surface area contributed by atoms with Crippen LogP contribution in [0.2, 0.25) is 0 Å². The molecule has 26 heavy (non-hydrogen) atoms. The van der Waals surface area contributed by atoms with Crippen LogP contribution in [-0.4, -0.2) is 43.0 Å². The molecular formula is C19H22N4O3. The molecule has 0 aliphatic carbocycles. The van der Waals surface area contributed by atoms with E-state index in [9.17, 15) is 9.59 Å². The van der Waals surface area contributed by atoms with Gasteiger partial charge in [0.2, 0.25) is 5.91 Å². The molecule has 0 unspecified atom stereocenters. The van der Waals surface area contributed by atoms with Crippen molar-refractivity contribution in [2.75, 3.05) is 41.4 Å². The maximum absolute atomic E-state index is 12.4. The highest BCUT2D eigenvalue weighted by molar-refractivity contribution is 6.04. The van der Waals surface area contributed by atoms with Crippen LogP contribution < -0.4 is 19.9 Å². The Labute approximate surface area is 152 Å². The van der Waals surface area contributed by atoms with Gasteiger partial charge in [0, 0.05) is 30.7 Å². The van der Waals surface area contributed by atoms with Crippen molar-refractivity contribution in [2.45, 2.75) is 13.8 Å². The maximum Gasteiger partial charge on any atom is 0.266 e. The van der Waals surface area contributed by atoms with Gasteiger partial charge in [0.25, 0.3) is 5.91 Å². The van der Waals surface area contributed by atoms with Crippen LogP contribution >= 0.6 is 0 Å². The van der Waals surface area contributed by atoms with Crippen LogP contribution in [0.4, 0.5) is 17.2 Å². The van der Waals surface area contributed by atoms with Crippen molar-refractivity contribution in [3.05, 3.63) is 42.6 Å². The summed E-state index contributed by atoms with van der Waals surface area (Å²) >= 11 is 0. The van der Waals surface area contributed by atoms with Gasteiger partial charge in [-0.1, -0.05) is 0 Å². The summed E-state index contributed by atoms with van der Waals surface area (Å²) in [7, 11) is 0. The van der Waals surface area contributed by atoms with Crippen LogP contribution in [0.15, 0.2) is 42.6 Å². The van der Waals surface area contributed by atoms with E-state index in [4.69, 9.17) is 4.74 Å². The number of hydrogen-bond acceptors (Lipinski definition) is 5. The molecule has 136 valence electrons. The number of carbonyl (C=O) groups excluding carboxylic acids is 2. The van der Waals surface area contributed by atoms with Gasteiger partial charge in [-0.2, -0.15) is 0 Å². The van der Waals surface area contributed by atoms with Crippen LogP contribution in [0.5, 0.6) is 5.75 Å². The summed E-state index contributed by atoms with van der Waals surface area (Å²) in [6.07, 6.45) is 1.57. The minimum absolute atomic E-state index is 0.0927. The van der Waals surface area contributed by atoms with Gasteiger partial charge in [0.1, 0.15) is 6.54 Å². The number of carbonyl (C=O) groups is 2. The van der Waals surface area contributed by atoms with Gasteiger partial charge in [-0.3, -0.25) is 14.5 Å². The summed E-state index contributed by atoms with van der Waals surface area (Å²) in [5, 5.41) is 2.82. The first-order valence-electron chi connectivity index (χ1n) is 8.65. The predicted molar refractivity (Wildman–Crippen MR) is 101 cm³/mol. The molecule has 1 aromatic carbocycles. The lowest BCUT2D eigenvalue weighted by atomic mass is 10.2. The van der Waals surface area contributed by atoms with E-state index in [1.54, 1.807) is 18.3 Å². The minimum atomic E-state index is -0.289. The number of anilines is 3. The topological polar surface area (TPSA) is 74.8 Å². The molecule has 1 aliphatic rings. The SMILES string of the molecule is CCN(CC)c1ccc(NC(=O)CN2C(=O)COc3cccnc32)cc1. The van der Waals surface area contributed by atoms with Crippen molar-refractivity contribution in [3.8, 4) is 5.75 Å². The fourth-order valence-electron chi connectivity index (χ4n) is 2.88. The third-order valence-electron chi connectivity index (χ3n) is 4.24. The van der Waals surface area contributed by atoms with Gasteiger partial charge in [-0.25, -0.2) is 4.98 Å². The summed E-state index contributed by atoms with van der Waals surface area (Å²) in [5.74, 6) is 0.301. The second-order valence-electron chi connectivity index (χ2n) is 5.86. The van der Waals surface area contributed by atoms with E-state index in [-0.39, 0.29) is 25.0 Å². The predicted octanol–water partition coefficient (Wildman–Crippen LogP) is 2.29. The monoisotopic (exact) mass is 354 g/mol. The van der Waals surface area contributed by atoms with E-state index >= 15 is 0 Å². The Hall–Kier alpha value is -3.09. The maximum atomic E-state index is 12.4. The molecule has 1 N–H and O–H groups in total. The summed E-state index contributed by atoms with van der Waals surface area (Å²) in [5.41, 5.74) is 1.79. The van der Waals surface area contributed by atoms with E-state index in [2.05, 4.69) is 29.0 Å². The summed E-state index contributed by atoms with van der Waals surface area (Å²) in [6.45, 7) is 5.85. The second-order valence-corrected chi connectivity index (χ2v) is 5.86. The van der Waals surface area contributed by atoms with Crippen LogP contribution in [0, 0.1) is 0 Å².